The van der Waals surface area contributed by atoms with Crippen LogP contribution in [0.1, 0.15) is 30.9 Å². The summed E-state index contributed by atoms with van der Waals surface area (Å²) < 4.78 is 13.0. The van der Waals surface area contributed by atoms with Gasteiger partial charge in [0.05, 0.1) is 25.5 Å². The van der Waals surface area contributed by atoms with E-state index in [9.17, 15) is 10.1 Å². The van der Waals surface area contributed by atoms with Gasteiger partial charge in [0.15, 0.2) is 0 Å². The van der Waals surface area contributed by atoms with Crippen LogP contribution in [-0.2, 0) is 9.53 Å². The van der Waals surface area contributed by atoms with E-state index in [0.29, 0.717) is 44.2 Å². The first kappa shape index (κ1) is 24.2. The number of para-hydroxylation sites is 1. The number of carbonyl (C=O) groups is 1. The second-order valence-corrected chi connectivity index (χ2v) is 8.47. The number of nitriles is 1. The molecule has 3 aromatic rings. The minimum absolute atomic E-state index is 0.0806. The molecule has 0 spiro atoms. The van der Waals surface area contributed by atoms with Crippen LogP contribution in [0.4, 0.5) is 0 Å². The number of benzene rings is 2. The zero-order valence-corrected chi connectivity index (χ0v) is 20.2. The number of ether oxygens (including phenoxy) is 2. The number of aromatic nitrogens is 2. The van der Waals surface area contributed by atoms with Crippen LogP contribution in [-0.4, -0.2) is 53.5 Å². The molecule has 35 heavy (non-hydrogen) atoms. The van der Waals surface area contributed by atoms with Gasteiger partial charge in [0.25, 0.3) is 5.91 Å². The lowest BCUT2D eigenvalue weighted by molar-refractivity contribution is -0.130. The Balaban J connectivity index is 1.73. The van der Waals surface area contributed by atoms with Crippen LogP contribution in [0.3, 0.4) is 0 Å². The van der Waals surface area contributed by atoms with Gasteiger partial charge in [-0.1, -0.05) is 31.5 Å². The first-order valence-electron chi connectivity index (χ1n) is 12.0. The third kappa shape index (κ3) is 5.79. The number of hydrogen-bond acceptors (Lipinski definition) is 5. The minimum atomic E-state index is -0.287. The van der Waals surface area contributed by atoms with Crippen molar-refractivity contribution >= 4 is 12.0 Å². The fraction of sp³-hybridized carbons (Fsp3) is 0.321. The van der Waals surface area contributed by atoms with Gasteiger partial charge in [-0.05, 0) is 55.3 Å². The third-order valence-electron chi connectivity index (χ3n) is 5.92. The Labute approximate surface area is 206 Å². The summed E-state index contributed by atoms with van der Waals surface area (Å²) in [7, 11) is 0. The van der Waals surface area contributed by atoms with E-state index in [0.717, 1.165) is 35.4 Å². The molecule has 4 rings (SSSR count). The highest BCUT2D eigenvalue weighted by Crippen LogP contribution is 2.30. The standard InChI is InChI=1S/C28H30N4O3/c1-3-4-14-35-26-11-10-22(17-21(26)2)27-24(20-32(30-27)25-8-6-5-7-9-25)18-23(19-29)28(33)31-12-15-34-16-13-31/h5-11,17-18,20H,3-4,12-16H2,1-2H3. The van der Waals surface area contributed by atoms with Crippen molar-refractivity contribution in [3.8, 4) is 28.8 Å². The fourth-order valence-corrected chi connectivity index (χ4v) is 3.95. The SMILES string of the molecule is CCCCOc1ccc(-c2nn(-c3ccccc3)cc2C=C(C#N)C(=O)N2CCOCC2)cc1C. The molecule has 1 amide bonds. The van der Waals surface area contributed by atoms with Crippen molar-refractivity contribution in [3.63, 3.8) is 0 Å². The lowest BCUT2D eigenvalue weighted by Gasteiger charge is -2.26. The fourth-order valence-electron chi connectivity index (χ4n) is 3.95. The first-order valence-corrected chi connectivity index (χ1v) is 12.0. The van der Waals surface area contributed by atoms with Gasteiger partial charge >= 0.3 is 0 Å². The van der Waals surface area contributed by atoms with Crippen LogP contribution in [0.2, 0.25) is 0 Å². The van der Waals surface area contributed by atoms with Gasteiger partial charge in [0.1, 0.15) is 23.1 Å². The van der Waals surface area contributed by atoms with Gasteiger partial charge in [-0.2, -0.15) is 10.4 Å². The molecule has 0 N–H and O–H groups in total. The van der Waals surface area contributed by atoms with Gasteiger partial charge in [-0.15, -0.1) is 0 Å². The molecule has 0 aliphatic carbocycles. The van der Waals surface area contributed by atoms with Crippen molar-refractivity contribution in [2.24, 2.45) is 0 Å². The zero-order chi connectivity index (χ0) is 24.6. The van der Waals surface area contributed by atoms with Gasteiger partial charge in [-0.3, -0.25) is 4.79 Å². The Kier molecular flexibility index (Phi) is 7.96. The topological polar surface area (TPSA) is 80.4 Å². The molecule has 2 heterocycles. The monoisotopic (exact) mass is 470 g/mol. The first-order chi connectivity index (χ1) is 17.1. The van der Waals surface area contributed by atoms with Crippen molar-refractivity contribution in [1.82, 2.24) is 14.7 Å². The molecule has 7 heteroatoms. The molecule has 0 unspecified atom stereocenters. The summed E-state index contributed by atoms with van der Waals surface area (Å²) in [5, 5.41) is 14.6. The number of morpholine rings is 1. The van der Waals surface area contributed by atoms with Gasteiger partial charge in [0, 0.05) is 30.4 Å². The van der Waals surface area contributed by atoms with E-state index in [1.807, 2.05) is 61.7 Å². The summed E-state index contributed by atoms with van der Waals surface area (Å²) in [6.07, 6.45) is 5.58. The normalized spacial score (nSPS) is 14.0. The molecule has 1 aromatic heterocycles. The Bertz CT molecular complexity index is 1230. The highest BCUT2D eigenvalue weighted by molar-refractivity contribution is 6.02. The van der Waals surface area contributed by atoms with E-state index in [1.54, 1.807) is 15.7 Å². The molecule has 1 fully saturated rings. The predicted octanol–water partition coefficient (Wildman–Crippen LogP) is 4.79. The summed E-state index contributed by atoms with van der Waals surface area (Å²) >= 11 is 0. The van der Waals surface area contributed by atoms with E-state index in [2.05, 4.69) is 13.0 Å². The van der Waals surface area contributed by atoms with Crippen molar-refractivity contribution in [2.75, 3.05) is 32.9 Å². The second-order valence-electron chi connectivity index (χ2n) is 8.47. The average molecular weight is 471 g/mol. The molecular formula is C28H30N4O3. The third-order valence-corrected chi connectivity index (χ3v) is 5.92. The van der Waals surface area contributed by atoms with Crippen molar-refractivity contribution in [2.45, 2.75) is 26.7 Å². The van der Waals surface area contributed by atoms with Gasteiger partial charge < -0.3 is 14.4 Å². The molecule has 7 nitrogen and oxygen atoms in total. The van der Waals surface area contributed by atoms with Crippen molar-refractivity contribution in [1.29, 1.82) is 5.26 Å². The number of rotatable bonds is 8. The number of unbranched alkanes of at least 4 members (excludes halogenated alkanes) is 1. The summed E-state index contributed by atoms with van der Waals surface area (Å²) in [6.45, 7) is 6.75. The van der Waals surface area contributed by atoms with Gasteiger partial charge in [-0.25, -0.2) is 4.68 Å². The maximum atomic E-state index is 13.0. The number of nitrogens with zero attached hydrogens (tertiary/aromatic N) is 4. The van der Waals surface area contributed by atoms with E-state index in [-0.39, 0.29) is 11.5 Å². The highest BCUT2D eigenvalue weighted by Gasteiger charge is 2.22. The molecule has 2 aromatic carbocycles. The molecular weight excluding hydrogens is 440 g/mol. The molecule has 180 valence electrons. The van der Waals surface area contributed by atoms with Crippen LogP contribution in [0, 0.1) is 18.3 Å². The van der Waals surface area contributed by atoms with E-state index in [4.69, 9.17) is 14.6 Å². The minimum Gasteiger partial charge on any atom is -0.493 e. The second kappa shape index (κ2) is 11.5. The van der Waals surface area contributed by atoms with E-state index >= 15 is 0 Å². The van der Waals surface area contributed by atoms with Gasteiger partial charge in [0.2, 0.25) is 0 Å². The van der Waals surface area contributed by atoms with Crippen LogP contribution in [0.5, 0.6) is 5.75 Å². The average Bonchev–Trinajstić information content (AvgIpc) is 3.33. The van der Waals surface area contributed by atoms with E-state index < -0.39 is 0 Å². The Morgan fingerprint density at radius 1 is 1.20 bits per heavy atom. The maximum absolute atomic E-state index is 13.0. The van der Waals surface area contributed by atoms with E-state index in [1.165, 1.54) is 0 Å². The molecule has 0 saturated carbocycles. The van der Waals surface area contributed by atoms with Crippen molar-refractivity contribution in [3.05, 3.63) is 71.4 Å². The molecule has 1 aliphatic heterocycles. The summed E-state index contributed by atoms with van der Waals surface area (Å²) in [5.41, 5.74) is 4.26. The van der Waals surface area contributed by atoms with Crippen LogP contribution < -0.4 is 4.74 Å². The number of aryl methyl sites for hydroxylation is 1. The summed E-state index contributed by atoms with van der Waals surface area (Å²) in [4.78, 5) is 14.7. The molecule has 0 radical (unpaired) electrons. The lowest BCUT2D eigenvalue weighted by Crippen LogP contribution is -2.41. The predicted molar refractivity (Wildman–Crippen MR) is 135 cm³/mol. The number of carbonyl (C=O) groups excluding carboxylic acids is 1. The molecule has 0 bridgehead atoms. The zero-order valence-electron chi connectivity index (χ0n) is 20.2. The molecule has 1 saturated heterocycles. The molecule has 1 aliphatic rings. The smallest absolute Gasteiger partial charge is 0.264 e. The summed E-state index contributed by atoms with van der Waals surface area (Å²) in [5.74, 6) is 0.562. The number of hydrogen-bond donors (Lipinski definition) is 0. The Morgan fingerprint density at radius 2 is 1.97 bits per heavy atom. The van der Waals surface area contributed by atoms with Crippen LogP contribution >= 0.6 is 0 Å². The maximum Gasteiger partial charge on any atom is 0.264 e. The Morgan fingerprint density at radius 3 is 2.66 bits per heavy atom. The molecule has 0 atom stereocenters. The largest absolute Gasteiger partial charge is 0.493 e. The summed E-state index contributed by atoms with van der Waals surface area (Å²) in [6, 6.07) is 17.8. The highest BCUT2D eigenvalue weighted by atomic mass is 16.5. The lowest BCUT2D eigenvalue weighted by atomic mass is 10.0. The Hall–Kier alpha value is -3.89. The van der Waals surface area contributed by atoms with Crippen LogP contribution in [0.25, 0.3) is 23.0 Å². The number of amides is 1. The van der Waals surface area contributed by atoms with Crippen molar-refractivity contribution < 1.29 is 14.3 Å². The quantitative estimate of drug-likeness (QED) is 0.269. The van der Waals surface area contributed by atoms with Crippen LogP contribution in [0.15, 0.2) is 60.3 Å².